The van der Waals surface area contributed by atoms with Crippen molar-refractivity contribution in [3.8, 4) is 11.4 Å². The van der Waals surface area contributed by atoms with Crippen molar-refractivity contribution in [2.45, 2.75) is 19.6 Å². The van der Waals surface area contributed by atoms with E-state index in [9.17, 15) is 0 Å². The summed E-state index contributed by atoms with van der Waals surface area (Å²) in [5.41, 5.74) is 8.63. The molecule has 1 atom stereocenters. The van der Waals surface area contributed by atoms with Crippen molar-refractivity contribution < 1.29 is 9.47 Å². The second-order valence-electron chi connectivity index (χ2n) is 4.79. The Balaban J connectivity index is 1.89. The number of rotatable bonds is 3. The van der Waals surface area contributed by atoms with E-state index in [2.05, 4.69) is 15.5 Å². The van der Waals surface area contributed by atoms with Gasteiger partial charge in [0.1, 0.15) is 6.10 Å². The number of hydrogen-bond acceptors (Lipinski definition) is 6. The molecule has 1 saturated heterocycles. The van der Waals surface area contributed by atoms with Crippen LogP contribution in [-0.2, 0) is 16.0 Å². The molecule has 1 unspecified atom stereocenters. The molecule has 0 amide bonds. The summed E-state index contributed by atoms with van der Waals surface area (Å²) in [6.45, 7) is 4.35. The summed E-state index contributed by atoms with van der Waals surface area (Å²) >= 11 is 0. The van der Waals surface area contributed by atoms with E-state index < -0.39 is 0 Å². The summed E-state index contributed by atoms with van der Waals surface area (Å²) in [6, 6.07) is 5.76. The van der Waals surface area contributed by atoms with Gasteiger partial charge in [-0.2, -0.15) is 0 Å². The Morgan fingerprint density at radius 1 is 1.40 bits per heavy atom. The van der Waals surface area contributed by atoms with Gasteiger partial charge in [0.25, 0.3) is 0 Å². The van der Waals surface area contributed by atoms with Gasteiger partial charge in [0.15, 0.2) is 5.82 Å². The number of ether oxygens (including phenoxy) is 2. The monoisotopic (exact) mass is 275 g/mol. The smallest absolute Gasteiger partial charge is 0.184 e. The average molecular weight is 275 g/mol. The van der Waals surface area contributed by atoms with Gasteiger partial charge in [0.05, 0.1) is 26.4 Å². The van der Waals surface area contributed by atoms with Crippen LogP contribution in [0.5, 0.6) is 0 Å². The normalized spacial score (nSPS) is 19.1. The van der Waals surface area contributed by atoms with Gasteiger partial charge in [-0.3, -0.25) is 0 Å². The van der Waals surface area contributed by atoms with Crippen LogP contribution in [0.3, 0.4) is 0 Å². The molecular formula is C13H17N5O2. The highest BCUT2D eigenvalue weighted by Gasteiger charge is 2.20. The first kappa shape index (κ1) is 13.0. The third-order valence-corrected chi connectivity index (χ3v) is 3.32. The van der Waals surface area contributed by atoms with Gasteiger partial charge in [0.2, 0.25) is 0 Å². The second-order valence-corrected chi connectivity index (χ2v) is 4.79. The zero-order chi connectivity index (χ0) is 13.9. The summed E-state index contributed by atoms with van der Waals surface area (Å²) in [7, 11) is 0. The van der Waals surface area contributed by atoms with E-state index in [4.69, 9.17) is 15.2 Å². The van der Waals surface area contributed by atoms with Crippen LogP contribution >= 0.6 is 0 Å². The Hall–Kier alpha value is -1.99. The summed E-state index contributed by atoms with van der Waals surface area (Å²) < 4.78 is 12.7. The predicted molar refractivity (Wildman–Crippen MR) is 73.0 cm³/mol. The number of aryl methyl sites for hydroxylation is 1. The van der Waals surface area contributed by atoms with Gasteiger partial charge in [-0.05, 0) is 29.0 Å². The van der Waals surface area contributed by atoms with Crippen molar-refractivity contribution >= 4 is 5.69 Å². The van der Waals surface area contributed by atoms with Gasteiger partial charge >= 0.3 is 0 Å². The number of benzene rings is 1. The minimum absolute atomic E-state index is 0.0313. The van der Waals surface area contributed by atoms with E-state index in [1.807, 2.05) is 25.1 Å². The van der Waals surface area contributed by atoms with Crippen molar-refractivity contribution in [1.82, 2.24) is 20.2 Å². The van der Waals surface area contributed by atoms with Crippen LogP contribution in [-0.4, -0.2) is 46.1 Å². The minimum Gasteiger partial charge on any atom is -0.398 e. The van der Waals surface area contributed by atoms with Crippen LogP contribution < -0.4 is 5.73 Å². The average Bonchev–Trinajstić information content (AvgIpc) is 2.88. The van der Waals surface area contributed by atoms with E-state index in [-0.39, 0.29) is 6.10 Å². The minimum atomic E-state index is -0.0313. The zero-order valence-electron chi connectivity index (χ0n) is 11.3. The van der Waals surface area contributed by atoms with E-state index >= 15 is 0 Å². The van der Waals surface area contributed by atoms with Crippen molar-refractivity contribution in [1.29, 1.82) is 0 Å². The molecule has 2 aromatic rings. The molecular weight excluding hydrogens is 258 g/mol. The highest BCUT2D eigenvalue weighted by Crippen LogP contribution is 2.27. The molecule has 1 fully saturated rings. The number of tetrazole rings is 1. The lowest BCUT2D eigenvalue weighted by Gasteiger charge is -2.23. The quantitative estimate of drug-likeness (QED) is 0.827. The molecule has 2 heterocycles. The standard InChI is InChI=1S/C13H17N5O2/c1-9-3-2-4-11(14)12(9)13-15-16-17-18(13)7-10-8-19-5-6-20-10/h2-4,10H,5-8,14H2,1H3. The number of nitrogens with two attached hydrogens (primary N) is 1. The topological polar surface area (TPSA) is 88.1 Å². The molecule has 1 aliphatic heterocycles. The fourth-order valence-electron chi connectivity index (χ4n) is 2.34. The molecule has 0 radical (unpaired) electrons. The predicted octanol–water partition coefficient (Wildman–Crippen LogP) is 0.646. The van der Waals surface area contributed by atoms with Crippen LogP contribution in [0, 0.1) is 6.92 Å². The fraction of sp³-hybridized carbons (Fsp3) is 0.462. The summed E-state index contributed by atoms with van der Waals surface area (Å²) in [4.78, 5) is 0. The lowest BCUT2D eigenvalue weighted by molar-refractivity contribution is -0.0946. The molecule has 20 heavy (non-hydrogen) atoms. The van der Waals surface area contributed by atoms with Crippen molar-refractivity contribution in [2.24, 2.45) is 0 Å². The second kappa shape index (κ2) is 5.56. The third-order valence-electron chi connectivity index (χ3n) is 3.32. The summed E-state index contributed by atoms with van der Waals surface area (Å²) in [6.07, 6.45) is -0.0313. The number of hydrogen-bond donors (Lipinski definition) is 1. The molecule has 1 aliphatic rings. The maximum absolute atomic E-state index is 6.05. The maximum Gasteiger partial charge on any atom is 0.184 e. The summed E-state index contributed by atoms with van der Waals surface area (Å²) in [5, 5.41) is 11.9. The largest absolute Gasteiger partial charge is 0.398 e. The first-order valence-corrected chi connectivity index (χ1v) is 6.56. The van der Waals surface area contributed by atoms with Gasteiger partial charge < -0.3 is 15.2 Å². The van der Waals surface area contributed by atoms with E-state index in [1.54, 1.807) is 4.68 Å². The van der Waals surface area contributed by atoms with Crippen molar-refractivity contribution in [3.63, 3.8) is 0 Å². The molecule has 1 aromatic carbocycles. The Labute approximate surface area is 116 Å². The Morgan fingerprint density at radius 2 is 2.30 bits per heavy atom. The third kappa shape index (κ3) is 2.50. The van der Waals surface area contributed by atoms with E-state index in [1.165, 1.54) is 0 Å². The Morgan fingerprint density at radius 3 is 3.05 bits per heavy atom. The van der Waals surface area contributed by atoms with E-state index in [0.717, 1.165) is 11.1 Å². The molecule has 1 aromatic heterocycles. The molecule has 0 spiro atoms. The molecule has 0 aliphatic carbocycles. The molecule has 3 rings (SSSR count). The molecule has 0 bridgehead atoms. The molecule has 2 N–H and O–H groups in total. The van der Waals surface area contributed by atoms with Crippen LogP contribution in [0.4, 0.5) is 5.69 Å². The number of nitrogens with zero attached hydrogens (tertiary/aromatic N) is 4. The Kier molecular flexibility index (Phi) is 3.62. The number of nitrogen functional groups attached to an aromatic ring is 1. The first-order chi connectivity index (χ1) is 9.75. The molecule has 7 nitrogen and oxygen atoms in total. The highest BCUT2D eigenvalue weighted by atomic mass is 16.6. The highest BCUT2D eigenvalue weighted by molar-refractivity contribution is 5.74. The van der Waals surface area contributed by atoms with Crippen LogP contribution in [0.2, 0.25) is 0 Å². The maximum atomic E-state index is 6.05. The van der Waals surface area contributed by atoms with Gasteiger partial charge in [-0.25, -0.2) is 4.68 Å². The lowest BCUT2D eigenvalue weighted by Crippen LogP contribution is -2.32. The van der Waals surface area contributed by atoms with Crippen LogP contribution in [0.15, 0.2) is 18.2 Å². The first-order valence-electron chi connectivity index (χ1n) is 6.56. The van der Waals surface area contributed by atoms with E-state index in [0.29, 0.717) is 37.9 Å². The van der Waals surface area contributed by atoms with Crippen LogP contribution in [0.1, 0.15) is 5.56 Å². The lowest BCUT2D eigenvalue weighted by atomic mass is 10.1. The van der Waals surface area contributed by atoms with Gasteiger partial charge in [0, 0.05) is 11.3 Å². The van der Waals surface area contributed by atoms with Crippen molar-refractivity contribution in [2.75, 3.05) is 25.6 Å². The molecule has 7 heteroatoms. The number of anilines is 1. The number of aromatic nitrogens is 4. The van der Waals surface area contributed by atoms with Crippen molar-refractivity contribution in [3.05, 3.63) is 23.8 Å². The molecule has 0 saturated carbocycles. The van der Waals surface area contributed by atoms with Crippen LogP contribution in [0.25, 0.3) is 11.4 Å². The Bertz CT molecular complexity index is 572. The summed E-state index contributed by atoms with van der Waals surface area (Å²) in [5.74, 6) is 0.662. The van der Waals surface area contributed by atoms with Gasteiger partial charge in [-0.1, -0.05) is 12.1 Å². The zero-order valence-corrected chi connectivity index (χ0v) is 11.3. The fourth-order valence-corrected chi connectivity index (χ4v) is 2.34. The SMILES string of the molecule is Cc1cccc(N)c1-c1nnnn1CC1COCCO1. The van der Waals surface area contributed by atoms with Gasteiger partial charge in [-0.15, -0.1) is 5.10 Å². The molecule has 106 valence electrons.